The van der Waals surface area contributed by atoms with Crippen molar-refractivity contribution >= 4 is 50.9 Å². The first-order chi connectivity index (χ1) is 16.0. The Kier molecular flexibility index (Phi) is 7.14. The lowest BCUT2D eigenvalue weighted by Crippen LogP contribution is -2.17. The Labute approximate surface area is 199 Å². The van der Waals surface area contributed by atoms with Crippen molar-refractivity contribution in [3.05, 3.63) is 47.0 Å². The number of esters is 1. The van der Waals surface area contributed by atoms with Gasteiger partial charge in [0.25, 0.3) is 11.1 Å². The van der Waals surface area contributed by atoms with Gasteiger partial charge in [-0.3, -0.25) is 4.79 Å². The minimum absolute atomic E-state index is 0.0647. The van der Waals surface area contributed by atoms with Crippen molar-refractivity contribution in [1.82, 2.24) is 15.2 Å². The number of benzene rings is 1. The molecule has 10 heteroatoms. The van der Waals surface area contributed by atoms with E-state index in [0.29, 0.717) is 27.6 Å². The molecule has 0 saturated carbocycles. The molecule has 0 aliphatic carbocycles. The van der Waals surface area contributed by atoms with Crippen LogP contribution in [0.15, 0.2) is 45.5 Å². The number of ether oxygens (including phenoxy) is 1. The van der Waals surface area contributed by atoms with Gasteiger partial charge in [-0.1, -0.05) is 43.8 Å². The van der Waals surface area contributed by atoms with E-state index in [1.807, 2.05) is 35.8 Å². The third-order valence-electron chi connectivity index (χ3n) is 4.78. The van der Waals surface area contributed by atoms with Crippen LogP contribution in [0.2, 0.25) is 0 Å². The van der Waals surface area contributed by atoms with Crippen LogP contribution in [0.25, 0.3) is 22.4 Å². The number of carbonyl (C=O) groups is 2. The molecule has 4 rings (SSSR count). The summed E-state index contributed by atoms with van der Waals surface area (Å²) in [6.45, 7) is 6.19. The first-order valence-electron chi connectivity index (χ1n) is 10.6. The molecule has 3 aromatic heterocycles. The largest absolute Gasteiger partial charge is 0.462 e. The van der Waals surface area contributed by atoms with Crippen molar-refractivity contribution in [3.63, 3.8) is 0 Å². The lowest BCUT2D eigenvalue weighted by molar-refractivity contribution is -0.113. The summed E-state index contributed by atoms with van der Waals surface area (Å²) in [5, 5.41) is 14.7. The van der Waals surface area contributed by atoms with Crippen molar-refractivity contribution in [2.75, 3.05) is 17.7 Å². The van der Waals surface area contributed by atoms with E-state index in [4.69, 9.17) is 9.15 Å². The number of thioether (sulfide) groups is 1. The maximum absolute atomic E-state index is 12.6. The van der Waals surface area contributed by atoms with Gasteiger partial charge in [0.2, 0.25) is 5.91 Å². The van der Waals surface area contributed by atoms with Crippen molar-refractivity contribution in [3.8, 4) is 11.5 Å². The van der Waals surface area contributed by atoms with Crippen LogP contribution in [-0.4, -0.2) is 39.4 Å². The topological polar surface area (TPSA) is 110 Å². The zero-order valence-electron chi connectivity index (χ0n) is 18.5. The first-order valence-corrected chi connectivity index (χ1v) is 12.4. The highest BCUT2D eigenvalue weighted by molar-refractivity contribution is 7.99. The van der Waals surface area contributed by atoms with Gasteiger partial charge in [-0.25, -0.2) is 4.79 Å². The Balaban J connectivity index is 1.42. The number of carbonyl (C=O) groups excluding carboxylic acids is 2. The number of aromatic amines is 1. The average molecular weight is 485 g/mol. The van der Waals surface area contributed by atoms with Crippen molar-refractivity contribution in [2.24, 2.45) is 5.92 Å². The number of amides is 1. The molecule has 1 amide bonds. The normalized spacial score (nSPS) is 11.3. The molecule has 0 bridgehead atoms. The minimum Gasteiger partial charge on any atom is -0.462 e. The second-order valence-electron chi connectivity index (χ2n) is 7.74. The number of hydrogen-bond donors (Lipinski definition) is 2. The zero-order valence-corrected chi connectivity index (χ0v) is 20.1. The molecule has 0 aliphatic rings. The van der Waals surface area contributed by atoms with Gasteiger partial charge < -0.3 is 19.5 Å². The van der Waals surface area contributed by atoms with E-state index in [-0.39, 0.29) is 18.3 Å². The summed E-state index contributed by atoms with van der Waals surface area (Å²) in [6.07, 6.45) is 2.55. The third kappa shape index (κ3) is 5.28. The summed E-state index contributed by atoms with van der Waals surface area (Å²) in [6, 6.07) is 7.83. The maximum atomic E-state index is 12.6. The van der Waals surface area contributed by atoms with Crippen molar-refractivity contribution in [2.45, 2.75) is 32.4 Å². The number of anilines is 1. The number of hydrogen-bond acceptors (Lipinski definition) is 8. The molecule has 3 heterocycles. The van der Waals surface area contributed by atoms with E-state index in [2.05, 4.69) is 34.3 Å². The number of fused-ring (bicyclic) bond motifs is 1. The Morgan fingerprint density at radius 1 is 1.27 bits per heavy atom. The molecule has 0 radical (unpaired) electrons. The van der Waals surface area contributed by atoms with Gasteiger partial charge >= 0.3 is 5.97 Å². The van der Waals surface area contributed by atoms with Gasteiger partial charge in [-0.2, -0.15) is 0 Å². The van der Waals surface area contributed by atoms with E-state index in [9.17, 15) is 9.59 Å². The Bertz CT molecular complexity index is 1270. The molecule has 8 nitrogen and oxygen atoms in total. The summed E-state index contributed by atoms with van der Waals surface area (Å²) in [4.78, 5) is 28.3. The van der Waals surface area contributed by atoms with Gasteiger partial charge in [-0.05, 0) is 36.3 Å². The lowest BCUT2D eigenvalue weighted by Gasteiger charge is -2.09. The molecule has 2 N–H and O–H groups in total. The number of nitrogens with one attached hydrogen (secondary N) is 2. The standard InChI is InChI=1S/C23H24N4O4S2/c1-4-30-22(29)19-14(9-13(2)3)11-32-21(19)25-18(28)12-33-23-27-26-20(31-23)16-10-24-17-8-6-5-7-15(16)17/h5-8,10-11,13,24H,4,9,12H2,1-3H3,(H,25,28). The van der Waals surface area contributed by atoms with Crippen LogP contribution in [0.3, 0.4) is 0 Å². The van der Waals surface area contributed by atoms with Crippen LogP contribution in [0.1, 0.15) is 36.7 Å². The molecular formula is C23H24N4O4S2. The minimum atomic E-state index is -0.419. The molecule has 0 spiro atoms. The van der Waals surface area contributed by atoms with Crippen LogP contribution in [0.4, 0.5) is 5.00 Å². The number of H-pyrrole nitrogens is 1. The highest BCUT2D eigenvalue weighted by Gasteiger charge is 2.22. The fraction of sp³-hybridized carbons (Fsp3) is 0.304. The number of rotatable bonds is 9. The molecular weight excluding hydrogens is 460 g/mol. The fourth-order valence-corrected chi connectivity index (χ4v) is 4.96. The summed E-state index contributed by atoms with van der Waals surface area (Å²) >= 11 is 2.47. The lowest BCUT2D eigenvalue weighted by atomic mass is 10.0. The smallest absolute Gasteiger partial charge is 0.341 e. The molecule has 0 unspecified atom stereocenters. The van der Waals surface area contributed by atoms with E-state index in [0.717, 1.165) is 40.2 Å². The predicted molar refractivity (Wildman–Crippen MR) is 130 cm³/mol. The molecule has 0 fully saturated rings. The summed E-state index contributed by atoms with van der Waals surface area (Å²) in [7, 11) is 0. The molecule has 1 aromatic carbocycles. The number of aromatic nitrogens is 3. The summed E-state index contributed by atoms with van der Waals surface area (Å²) < 4.78 is 11.0. The Morgan fingerprint density at radius 3 is 2.88 bits per heavy atom. The molecule has 172 valence electrons. The van der Waals surface area contributed by atoms with Gasteiger partial charge in [0.05, 0.1) is 23.5 Å². The fourth-order valence-electron chi connectivity index (χ4n) is 3.42. The Morgan fingerprint density at radius 2 is 2.09 bits per heavy atom. The van der Waals surface area contributed by atoms with Gasteiger partial charge in [0.15, 0.2) is 0 Å². The average Bonchev–Trinajstić information content (AvgIpc) is 3.50. The number of nitrogens with zero attached hydrogens (tertiary/aromatic N) is 2. The van der Waals surface area contributed by atoms with Crippen LogP contribution < -0.4 is 5.32 Å². The summed E-state index contributed by atoms with van der Waals surface area (Å²) in [5.74, 6) is 0.134. The quantitative estimate of drug-likeness (QED) is 0.242. The third-order valence-corrected chi connectivity index (χ3v) is 6.54. The van der Waals surface area contributed by atoms with E-state index >= 15 is 0 Å². The zero-order chi connectivity index (χ0) is 23.4. The maximum Gasteiger partial charge on any atom is 0.341 e. The molecule has 4 aromatic rings. The van der Waals surface area contributed by atoms with E-state index < -0.39 is 5.97 Å². The second-order valence-corrected chi connectivity index (χ2v) is 9.55. The molecule has 0 aliphatic heterocycles. The van der Waals surface area contributed by atoms with Gasteiger partial charge in [-0.15, -0.1) is 21.5 Å². The van der Waals surface area contributed by atoms with Gasteiger partial charge in [0, 0.05) is 17.1 Å². The van der Waals surface area contributed by atoms with Crippen molar-refractivity contribution in [1.29, 1.82) is 0 Å². The first kappa shape index (κ1) is 23.1. The second kappa shape index (κ2) is 10.2. The van der Waals surface area contributed by atoms with Crippen molar-refractivity contribution < 1.29 is 18.7 Å². The number of thiophene rings is 1. The van der Waals surface area contributed by atoms with E-state index in [1.54, 1.807) is 6.92 Å². The Hall–Kier alpha value is -3.11. The van der Waals surface area contributed by atoms with E-state index in [1.165, 1.54) is 11.3 Å². The van der Waals surface area contributed by atoms with Crippen LogP contribution in [0.5, 0.6) is 0 Å². The van der Waals surface area contributed by atoms with Crippen LogP contribution in [-0.2, 0) is 16.0 Å². The molecule has 0 atom stereocenters. The SMILES string of the molecule is CCOC(=O)c1c(CC(C)C)csc1NC(=O)CSc1nnc(-c2c[nH]c3ccccc23)o1. The van der Waals surface area contributed by atoms with Crippen LogP contribution in [0, 0.1) is 5.92 Å². The van der Waals surface area contributed by atoms with Gasteiger partial charge in [0.1, 0.15) is 5.00 Å². The van der Waals surface area contributed by atoms with Crippen LogP contribution >= 0.6 is 23.1 Å². The summed E-state index contributed by atoms with van der Waals surface area (Å²) in [5.41, 5.74) is 3.11. The number of para-hydroxylation sites is 1. The molecule has 33 heavy (non-hydrogen) atoms. The highest BCUT2D eigenvalue weighted by atomic mass is 32.2. The molecule has 0 saturated heterocycles. The predicted octanol–water partition coefficient (Wildman–Crippen LogP) is 5.39. The monoisotopic (exact) mass is 484 g/mol. The highest BCUT2D eigenvalue weighted by Crippen LogP contribution is 2.32.